The first-order chi connectivity index (χ1) is 9.79. The van der Waals surface area contributed by atoms with Crippen LogP contribution in [0.4, 0.5) is 13.2 Å². The van der Waals surface area contributed by atoms with Gasteiger partial charge in [-0.1, -0.05) is 30.3 Å². The van der Waals surface area contributed by atoms with E-state index in [9.17, 15) is 18.0 Å². The lowest BCUT2D eigenvalue weighted by molar-refractivity contribution is -0.274. The quantitative estimate of drug-likeness (QED) is 0.939. The number of carbonyl (C=O) groups excluding carboxylic acids is 1. The van der Waals surface area contributed by atoms with Crippen molar-refractivity contribution in [2.75, 3.05) is 0 Å². The Hall–Kier alpha value is -2.50. The summed E-state index contributed by atoms with van der Waals surface area (Å²) in [6, 6.07) is 10.7. The SMILES string of the molecule is Cc1c(C(N)=O)ccc(OC(F)(F)F)c1-c1ccccc1. The van der Waals surface area contributed by atoms with Gasteiger partial charge < -0.3 is 10.5 Å². The van der Waals surface area contributed by atoms with Crippen molar-refractivity contribution in [3.05, 3.63) is 53.6 Å². The minimum absolute atomic E-state index is 0.156. The second-order valence-corrected chi connectivity index (χ2v) is 4.39. The van der Waals surface area contributed by atoms with Crippen LogP contribution in [0, 0.1) is 6.92 Å². The molecule has 2 N–H and O–H groups in total. The lowest BCUT2D eigenvalue weighted by atomic mass is 9.95. The van der Waals surface area contributed by atoms with Gasteiger partial charge in [-0.15, -0.1) is 13.2 Å². The van der Waals surface area contributed by atoms with Crippen molar-refractivity contribution in [3.63, 3.8) is 0 Å². The number of alkyl halides is 3. The number of carbonyl (C=O) groups is 1. The predicted molar refractivity (Wildman–Crippen MR) is 71.8 cm³/mol. The molecule has 0 heterocycles. The van der Waals surface area contributed by atoms with Crippen LogP contribution in [0.5, 0.6) is 5.75 Å². The number of hydrogen-bond acceptors (Lipinski definition) is 2. The van der Waals surface area contributed by atoms with Crippen LogP contribution in [-0.4, -0.2) is 12.3 Å². The fourth-order valence-electron chi connectivity index (χ4n) is 2.13. The molecular weight excluding hydrogens is 283 g/mol. The second-order valence-electron chi connectivity index (χ2n) is 4.39. The molecule has 2 aromatic rings. The summed E-state index contributed by atoms with van der Waals surface area (Å²) in [6.07, 6.45) is -4.82. The second kappa shape index (κ2) is 5.47. The average molecular weight is 295 g/mol. The smallest absolute Gasteiger partial charge is 0.405 e. The van der Waals surface area contributed by atoms with Crippen molar-refractivity contribution in [3.8, 4) is 16.9 Å². The van der Waals surface area contributed by atoms with E-state index in [2.05, 4.69) is 4.74 Å². The molecule has 6 heteroatoms. The van der Waals surface area contributed by atoms with Gasteiger partial charge in [0.05, 0.1) is 0 Å². The molecule has 110 valence electrons. The summed E-state index contributed by atoms with van der Waals surface area (Å²) in [5.41, 5.74) is 6.45. The van der Waals surface area contributed by atoms with Gasteiger partial charge in [-0.3, -0.25) is 4.79 Å². The lowest BCUT2D eigenvalue weighted by Gasteiger charge is -2.17. The van der Waals surface area contributed by atoms with E-state index in [1.807, 2.05) is 0 Å². The first kappa shape index (κ1) is 14.9. The maximum Gasteiger partial charge on any atom is 0.573 e. The molecule has 0 aliphatic rings. The fourth-order valence-corrected chi connectivity index (χ4v) is 2.13. The maximum atomic E-state index is 12.5. The largest absolute Gasteiger partial charge is 0.573 e. The molecular formula is C15H12F3NO2. The summed E-state index contributed by atoms with van der Waals surface area (Å²) >= 11 is 0. The number of amides is 1. The van der Waals surface area contributed by atoms with Crippen LogP contribution in [-0.2, 0) is 0 Å². The van der Waals surface area contributed by atoms with Crippen molar-refractivity contribution < 1.29 is 22.7 Å². The maximum absolute atomic E-state index is 12.5. The van der Waals surface area contributed by atoms with Gasteiger partial charge in [0.25, 0.3) is 0 Å². The van der Waals surface area contributed by atoms with Crippen LogP contribution < -0.4 is 10.5 Å². The van der Waals surface area contributed by atoms with Crippen LogP contribution in [0.1, 0.15) is 15.9 Å². The van der Waals surface area contributed by atoms with Gasteiger partial charge in [0.2, 0.25) is 5.91 Å². The van der Waals surface area contributed by atoms with Gasteiger partial charge in [0, 0.05) is 11.1 Å². The molecule has 1 amide bonds. The highest BCUT2D eigenvalue weighted by Crippen LogP contribution is 2.37. The van der Waals surface area contributed by atoms with Crippen molar-refractivity contribution in [2.24, 2.45) is 5.73 Å². The Morgan fingerprint density at radius 3 is 2.24 bits per heavy atom. The van der Waals surface area contributed by atoms with E-state index in [1.54, 1.807) is 30.3 Å². The summed E-state index contributed by atoms with van der Waals surface area (Å²) in [5, 5.41) is 0. The van der Waals surface area contributed by atoms with E-state index in [4.69, 9.17) is 5.73 Å². The molecule has 0 saturated heterocycles. The van der Waals surface area contributed by atoms with Crippen molar-refractivity contribution in [1.82, 2.24) is 0 Å². The number of benzene rings is 2. The molecule has 2 aromatic carbocycles. The highest BCUT2D eigenvalue weighted by molar-refractivity contribution is 5.97. The molecule has 0 aliphatic heterocycles. The Labute approximate surface area is 119 Å². The first-order valence-corrected chi connectivity index (χ1v) is 6.04. The van der Waals surface area contributed by atoms with Crippen LogP contribution in [0.25, 0.3) is 11.1 Å². The third-order valence-corrected chi connectivity index (χ3v) is 2.98. The number of nitrogens with two attached hydrogens (primary N) is 1. The Balaban J connectivity index is 2.67. The minimum Gasteiger partial charge on any atom is -0.405 e. The molecule has 2 rings (SSSR count). The topological polar surface area (TPSA) is 52.3 Å². The summed E-state index contributed by atoms with van der Waals surface area (Å²) < 4.78 is 41.6. The Bertz CT molecular complexity index is 667. The van der Waals surface area contributed by atoms with E-state index in [1.165, 1.54) is 13.0 Å². The monoisotopic (exact) mass is 295 g/mol. The molecule has 0 saturated carbocycles. The molecule has 21 heavy (non-hydrogen) atoms. The Kier molecular flexibility index (Phi) is 3.88. The minimum atomic E-state index is -4.82. The normalized spacial score (nSPS) is 11.2. The van der Waals surface area contributed by atoms with Gasteiger partial charge in [-0.2, -0.15) is 0 Å². The zero-order chi connectivity index (χ0) is 15.6. The highest BCUT2D eigenvalue weighted by Gasteiger charge is 2.33. The van der Waals surface area contributed by atoms with Crippen LogP contribution in [0.3, 0.4) is 0 Å². The summed E-state index contributed by atoms with van der Waals surface area (Å²) in [4.78, 5) is 11.4. The number of primary amides is 1. The van der Waals surface area contributed by atoms with Gasteiger partial charge in [-0.05, 0) is 30.2 Å². The molecule has 0 unspecified atom stereocenters. The van der Waals surface area contributed by atoms with E-state index < -0.39 is 12.3 Å². The summed E-state index contributed by atoms with van der Waals surface area (Å²) in [7, 11) is 0. The first-order valence-electron chi connectivity index (χ1n) is 6.04. The van der Waals surface area contributed by atoms with E-state index >= 15 is 0 Å². The average Bonchev–Trinajstić information content (AvgIpc) is 2.37. The zero-order valence-electron chi connectivity index (χ0n) is 11.1. The zero-order valence-corrected chi connectivity index (χ0v) is 11.1. The number of ether oxygens (including phenoxy) is 1. The third kappa shape index (κ3) is 3.34. The number of rotatable bonds is 3. The van der Waals surface area contributed by atoms with Gasteiger partial charge in [-0.25, -0.2) is 0 Å². The lowest BCUT2D eigenvalue weighted by Crippen LogP contribution is -2.19. The standard InChI is InChI=1S/C15H12F3NO2/c1-9-11(14(19)20)7-8-12(21-15(16,17)18)13(9)10-5-3-2-4-6-10/h2-8H,1H3,(H2,19,20). The van der Waals surface area contributed by atoms with Gasteiger partial charge >= 0.3 is 6.36 Å². The highest BCUT2D eigenvalue weighted by atomic mass is 19.4. The number of halogens is 3. The van der Waals surface area contributed by atoms with Crippen LogP contribution in [0.15, 0.2) is 42.5 Å². The van der Waals surface area contributed by atoms with Crippen LogP contribution in [0.2, 0.25) is 0 Å². The molecule has 0 radical (unpaired) electrons. The Morgan fingerprint density at radius 1 is 1.10 bits per heavy atom. The molecule has 0 bridgehead atoms. The number of hydrogen-bond donors (Lipinski definition) is 1. The van der Waals surface area contributed by atoms with Crippen LogP contribution >= 0.6 is 0 Å². The molecule has 0 atom stereocenters. The van der Waals surface area contributed by atoms with E-state index in [0.717, 1.165) is 6.07 Å². The predicted octanol–water partition coefficient (Wildman–Crippen LogP) is 3.66. The molecule has 0 aliphatic carbocycles. The molecule has 0 aromatic heterocycles. The third-order valence-electron chi connectivity index (χ3n) is 2.98. The van der Waals surface area contributed by atoms with Gasteiger partial charge in [0.15, 0.2) is 0 Å². The van der Waals surface area contributed by atoms with Gasteiger partial charge in [0.1, 0.15) is 5.75 Å². The molecule has 3 nitrogen and oxygen atoms in total. The molecule has 0 fully saturated rings. The van der Waals surface area contributed by atoms with Crippen molar-refractivity contribution >= 4 is 5.91 Å². The summed E-state index contributed by atoms with van der Waals surface area (Å²) in [6.45, 7) is 1.53. The van der Waals surface area contributed by atoms with E-state index in [0.29, 0.717) is 11.1 Å². The van der Waals surface area contributed by atoms with Crippen molar-refractivity contribution in [1.29, 1.82) is 0 Å². The Morgan fingerprint density at radius 2 is 1.71 bits per heavy atom. The fraction of sp³-hybridized carbons (Fsp3) is 0.133. The molecule has 0 spiro atoms. The summed E-state index contributed by atoms with van der Waals surface area (Å²) in [5.74, 6) is -1.07. The van der Waals surface area contributed by atoms with E-state index in [-0.39, 0.29) is 16.9 Å². The van der Waals surface area contributed by atoms with Crippen molar-refractivity contribution in [2.45, 2.75) is 13.3 Å².